The second-order valence-corrected chi connectivity index (χ2v) is 13.3. The van der Waals surface area contributed by atoms with Gasteiger partial charge in [-0.05, 0) is 58.2 Å². The Bertz CT molecular complexity index is 2720. The second-order valence-electron chi connectivity index (χ2n) is 13.3. The first kappa shape index (κ1) is 30.9. The van der Waals surface area contributed by atoms with E-state index < -0.39 is 0 Å². The molecule has 0 atom stereocenters. The Kier molecular flexibility index (Phi) is 7.55. The van der Waals surface area contributed by atoms with Crippen LogP contribution >= 0.6 is 0 Å². The first-order chi connectivity index (χ1) is 23.5. The van der Waals surface area contributed by atoms with Gasteiger partial charge in [0.1, 0.15) is 11.2 Å². The normalized spacial score (nSPS) is 11.8. The molecule has 0 fully saturated rings. The maximum absolute atomic E-state index is 6.54. The zero-order chi connectivity index (χ0) is 32.4. The predicted octanol–water partition coefficient (Wildman–Crippen LogP) is 11.4. The SMILES string of the molecule is CC(C)(C)c1ccnc(-c2[c-]cc3c(c2)c2c4oc5ccccc5c4cc4c5ccccc5n3c42)c1.[Ir].[c-]1ccccc1-c1ccccn1. The number of furan rings is 1. The van der Waals surface area contributed by atoms with Gasteiger partial charge in [0.25, 0.3) is 0 Å². The van der Waals surface area contributed by atoms with E-state index in [2.05, 4.69) is 115 Å². The van der Waals surface area contributed by atoms with E-state index in [0.29, 0.717) is 0 Å². The molecule has 0 spiro atoms. The Labute approximate surface area is 297 Å². The van der Waals surface area contributed by atoms with E-state index in [9.17, 15) is 0 Å². The van der Waals surface area contributed by atoms with Gasteiger partial charge in [-0.3, -0.25) is 0 Å². The predicted molar refractivity (Wildman–Crippen MR) is 198 cm³/mol. The fraction of sp³-hybridized carbons (Fsp3) is 0.0909. The molecule has 4 nitrogen and oxygen atoms in total. The molecule has 5 heteroatoms. The summed E-state index contributed by atoms with van der Waals surface area (Å²) in [5, 5.41) is 7.15. The zero-order valence-electron chi connectivity index (χ0n) is 27.3. The molecule has 0 saturated heterocycles. The van der Waals surface area contributed by atoms with Crippen LogP contribution in [0, 0.1) is 12.1 Å². The number of pyridine rings is 2. The van der Waals surface area contributed by atoms with E-state index in [1.54, 1.807) is 6.20 Å². The summed E-state index contributed by atoms with van der Waals surface area (Å²) >= 11 is 0. The summed E-state index contributed by atoms with van der Waals surface area (Å²) in [4.78, 5) is 8.94. The van der Waals surface area contributed by atoms with Gasteiger partial charge in [0, 0.05) is 64.9 Å². The van der Waals surface area contributed by atoms with Crippen molar-refractivity contribution in [1.82, 2.24) is 14.4 Å². The molecule has 0 aliphatic rings. The number of para-hydroxylation sites is 2. The summed E-state index contributed by atoms with van der Waals surface area (Å²) in [6.07, 6.45) is 3.70. The van der Waals surface area contributed by atoms with E-state index in [-0.39, 0.29) is 25.5 Å². The molecular weight excluding hydrogens is 779 g/mol. The average molecular weight is 810 g/mol. The number of aromatic nitrogens is 3. The minimum absolute atomic E-state index is 0. The number of hydrogen-bond donors (Lipinski definition) is 0. The zero-order valence-corrected chi connectivity index (χ0v) is 29.7. The van der Waals surface area contributed by atoms with Crippen LogP contribution in [0.25, 0.3) is 82.5 Å². The number of nitrogens with zero attached hydrogens (tertiary/aromatic N) is 3. The van der Waals surface area contributed by atoms with E-state index >= 15 is 0 Å². The van der Waals surface area contributed by atoms with Gasteiger partial charge in [-0.2, -0.15) is 0 Å². The smallest absolute Gasteiger partial charge is 0.143 e. The van der Waals surface area contributed by atoms with E-state index in [1.807, 2.05) is 54.7 Å². The number of rotatable bonds is 2. The quantitative estimate of drug-likeness (QED) is 0.163. The molecule has 0 unspecified atom stereocenters. The Morgan fingerprint density at radius 1 is 0.612 bits per heavy atom. The van der Waals surface area contributed by atoms with Gasteiger partial charge in [-0.1, -0.05) is 80.8 Å². The molecule has 5 heterocycles. The second kappa shape index (κ2) is 12.0. The molecule has 49 heavy (non-hydrogen) atoms. The summed E-state index contributed by atoms with van der Waals surface area (Å²) < 4.78 is 8.92. The van der Waals surface area contributed by atoms with Gasteiger partial charge >= 0.3 is 0 Å². The Hall–Kier alpha value is -5.35. The number of hydrogen-bond acceptors (Lipinski definition) is 3. The minimum atomic E-state index is 0. The van der Waals surface area contributed by atoms with E-state index in [0.717, 1.165) is 55.4 Å². The van der Waals surface area contributed by atoms with Gasteiger partial charge in [0.05, 0.1) is 5.52 Å². The van der Waals surface area contributed by atoms with Crippen molar-refractivity contribution < 1.29 is 24.5 Å². The monoisotopic (exact) mass is 810 g/mol. The van der Waals surface area contributed by atoms with Crippen molar-refractivity contribution in [3.8, 4) is 22.5 Å². The van der Waals surface area contributed by atoms with Crippen molar-refractivity contribution in [3.63, 3.8) is 0 Å². The summed E-state index contributed by atoms with van der Waals surface area (Å²) in [6, 6.07) is 48.3. The third-order valence-corrected chi connectivity index (χ3v) is 9.29. The molecular formula is C44H31IrN3O-2. The summed E-state index contributed by atoms with van der Waals surface area (Å²) in [5.74, 6) is 0. The molecule has 0 amide bonds. The largest absolute Gasteiger partial charge is 0.455 e. The van der Waals surface area contributed by atoms with Crippen LogP contribution in [0.4, 0.5) is 0 Å². The maximum Gasteiger partial charge on any atom is 0.143 e. The molecule has 10 rings (SSSR count). The molecule has 0 N–H and O–H groups in total. The average Bonchev–Trinajstić information content (AvgIpc) is 3.78. The van der Waals surface area contributed by atoms with Gasteiger partial charge in [-0.25, -0.2) is 0 Å². The molecule has 10 aromatic rings. The topological polar surface area (TPSA) is 43.3 Å². The van der Waals surface area contributed by atoms with Crippen LogP contribution in [0.5, 0.6) is 0 Å². The fourth-order valence-corrected chi connectivity index (χ4v) is 6.94. The minimum Gasteiger partial charge on any atom is -0.455 e. The Morgan fingerprint density at radius 3 is 2.18 bits per heavy atom. The fourth-order valence-electron chi connectivity index (χ4n) is 6.94. The molecule has 239 valence electrons. The third kappa shape index (κ3) is 5.09. The van der Waals surface area contributed by atoms with E-state index in [4.69, 9.17) is 9.40 Å². The maximum atomic E-state index is 6.54. The van der Waals surface area contributed by atoms with Gasteiger partial charge in [0.2, 0.25) is 0 Å². The van der Waals surface area contributed by atoms with Gasteiger partial charge in [-0.15, -0.1) is 59.7 Å². The van der Waals surface area contributed by atoms with Crippen molar-refractivity contribution >= 4 is 60.0 Å². The molecule has 0 saturated carbocycles. The van der Waals surface area contributed by atoms with Crippen molar-refractivity contribution in [2.24, 2.45) is 0 Å². The third-order valence-electron chi connectivity index (χ3n) is 9.29. The van der Waals surface area contributed by atoms with Gasteiger partial charge in [0.15, 0.2) is 0 Å². The molecule has 0 aliphatic carbocycles. The molecule has 0 aliphatic heterocycles. The van der Waals surface area contributed by atoms with Crippen LogP contribution in [-0.4, -0.2) is 14.4 Å². The van der Waals surface area contributed by atoms with Crippen molar-refractivity contribution in [1.29, 1.82) is 0 Å². The van der Waals surface area contributed by atoms with Crippen molar-refractivity contribution in [2.75, 3.05) is 0 Å². The summed E-state index contributed by atoms with van der Waals surface area (Å²) in [6.45, 7) is 6.70. The van der Waals surface area contributed by atoms with E-state index in [1.165, 1.54) is 32.8 Å². The summed E-state index contributed by atoms with van der Waals surface area (Å²) in [7, 11) is 0. The van der Waals surface area contributed by atoms with Crippen LogP contribution in [0.3, 0.4) is 0 Å². The van der Waals surface area contributed by atoms with Crippen LogP contribution in [0.15, 0.2) is 138 Å². The number of fused-ring (bicyclic) bond motifs is 10. The Morgan fingerprint density at radius 2 is 1.39 bits per heavy atom. The van der Waals surface area contributed by atoms with Crippen LogP contribution < -0.4 is 0 Å². The molecule has 5 aromatic heterocycles. The molecule has 0 bridgehead atoms. The van der Waals surface area contributed by atoms with Crippen LogP contribution in [0.1, 0.15) is 26.3 Å². The van der Waals surface area contributed by atoms with Gasteiger partial charge < -0.3 is 18.8 Å². The van der Waals surface area contributed by atoms with Crippen LogP contribution in [0.2, 0.25) is 0 Å². The Balaban J connectivity index is 0.000000228. The molecule has 1 radical (unpaired) electrons. The standard InChI is InChI=1S/C33H23N2O.C11H8N.Ir/c1-33(2,3)20-14-15-34-26(17-20)19-12-13-28-25(16-19)30-31-23(21-8-4-6-10-27(21)35(28)31)18-24-22-9-5-7-11-29(22)36-32(24)30;1-2-6-10(7-3-1)11-8-4-5-9-12-11;/h4-11,13-18H,1-3H3;1-6,8-9H;/q2*-1;. The molecule has 5 aromatic carbocycles. The summed E-state index contributed by atoms with van der Waals surface area (Å²) in [5.41, 5.74) is 10.7. The first-order valence-corrected chi connectivity index (χ1v) is 16.2. The first-order valence-electron chi connectivity index (χ1n) is 16.2. The van der Waals surface area contributed by atoms with Crippen LogP contribution in [-0.2, 0) is 25.5 Å². The van der Waals surface area contributed by atoms with Crippen molar-refractivity contribution in [3.05, 3.63) is 151 Å². The number of benzene rings is 5. The van der Waals surface area contributed by atoms with Crippen molar-refractivity contribution in [2.45, 2.75) is 26.2 Å².